The van der Waals surface area contributed by atoms with Crippen LogP contribution in [0, 0.1) is 5.92 Å². The van der Waals surface area contributed by atoms with Gasteiger partial charge in [-0.1, -0.05) is 30.7 Å². The number of imide groups is 1. The van der Waals surface area contributed by atoms with E-state index < -0.39 is 48.1 Å². The van der Waals surface area contributed by atoms with Crippen LogP contribution in [-0.4, -0.2) is 46.1 Å². The molecule has 0 bridgehead atoms. The molecule has 4 rings (SSSR count). The van der Waals surface area contributed by atoms with Gasteiger partial charge in [0.25, 0.3) is 0 Å². The lowest BCUT2D eigenvalue weighted by atomic mass is 9.81. The Kier molecular flexibility index (Phi) is 6.68. The number of amides is 2. The summed E-state index contributed by atoms with van der Waals surface area (Å²) >= 11 is 5.81. The Bertz CT molecular complexity index is 1160. The van der Waals surface area contributed by atoms with E-state index in [0.29, 0.717) is 16.3 Å². The van der Waals surface area contributed by atoms with Crippen LogP contribution in [0.25, 0.3) is 0 Å². The molecule has 2 aliphatic heterocycles. The van der Waals surface area contributed by atoms with Gasteiger partial charge in [0.2, 0.25) is 11.8 Å². The number of carbonyl (C=O) groups is 3. The minimum atomic E-state index is -3.75. The number of aromatic nitrogens is 1. The summed E-state index contributed by atoms with van der Waals surface area (Å²) in [7, 11) is 0. The van der Waals surface area contributed by atoms with Gasteiger partial charge in [0, 0.05) is 12.6 Å². The number of hydrogen-bond donors (Lipinski definition) is 0. The zero-order valence-corrected chi connectivity index (χ0v) is 19.9. The fourth-order valence-electron chi connectivity index (χ4n) is 4.13. The van der Waals surface area contributed by atoms with E-state index in [9.17, 15) is 23.2 Å². The molecule has 0 saturated carbocycles. The molecule has 0 N–H and O–H groups in total. The van der Waals surface area contributed by atoms with Gasteiger partial charge < -0.3 is 14.2 Å². The fraction of sp³-hybridized carbons (Fsp3) is 0.417. The summed E-state index contributed by atoms with van der Waals surface area (Å²) < 4.78 is 40.8. The average Bonchev–Trinajstić information content (AvgIpc) is 3.08. The molecule has 3 heterocycles. The van der Waals surface area contributed by atoms with Gasteiger partial charge in [-0.3, -0.25) is 14.5 Å². The summed E-state index contributed by atoms with van der Waals surface area (Å²) in [5.74, 6) is -3.21. The third kappa shape index (κ3) is 5.22. The number of likely N-dealkylation sites (tertiary alicyclic amines) is 1. The van der Waals surface area contributed by atoms with Crippen LogP contribution in [0.5, 0.6) is 11.5 Å². The van der Waals surface area contributed by atoms with Crippen molar-refractivity contribution < 1.29 is 37.4 Å². The number of alkyl halides is 2. The predicted octanol–water partition coefficient (Wildman–Crippen LogP) is 4.10. The van der Waals surface area contributed by atoms with Crippen LogP contribution in [0.3, 0.4) is 0 Å². The monoisotopic (exact) mass is 508 g/mol. The molecule has 8 nitrogen and oxygen atoms in total. The molecule has 2 amide bonds. The van der Waals surface area contributed by atoms with Crippen molar-refractivity contribution in [3.05, 3.63) is 52.8 Å². The van der Waals surface area contributed by atoms with Crippen molar-refractivity contribution >= 4 is 29.4 Å². The van der Waals surface area contributed by atoms with E-state index in [1.54, 1.807) is 39.0 Å². The van der Waals surface area contributed by atoms with E-state index in [1.165, 1.54) is 18.3 Å². The van der Waals surface area contributed by atoms with Crippen LogP contribution < -0.4 is 9.47 Å². The zero-order chi connectivity index (χ0) is 25.5. The molecule has 2 aliphatic rings. The summed E-state index contributed by atoms with van der Waals surface area (Å²) in [6, 6.07) is 6.44. The molecular formula is C24H23ClF2N2O6. The van der Waals surface area contributed by atoms with Crippen LogP contribution in [0.2, 0.25) is 5.15 Å². The summed E-state index contributed by atoms with van der Waals surface area (Å²) in [6.45, 7) is 5.05. The summed E-state index contributed by atoms with van der Waals surface area (Å²) in [6.07, 6.45) is -2.61. The Morgan fingerprint density at radius 2 is 1.89 bits per heavy atom. The summed E-state index contributed by atoms with van der Waals surface area (Å²) in [5.41, 5.74) is 1.23. The predicted molar refractivity (Wildman–Crippen MR) is 119 cm³/mol. The lowest BCUT2D eigenvalue weighted by molar-refractivity contribution is -0.286. The molecular weight excluding hydrogens is 486 g/mol. The topological polar surface area (TPSA) is 95.0 Å². The Balaban J connectivity index is 1.49. The number of rotatable bonds is 7. The lowest BCUT2D eigenvalue weighted by Gasteiger charge is -2.44. The highest BCUT2D eigenvalue weighted by Gasteiger charge is 2.55. The largest absolute Gasteiger partial charge is 0.586 e. The lowest BCUT2D eigenvalue weighted by Crippen LogP contribution is -2.67. The molecule has 0 radical (unpaired) electrons. The number of nitrogens with zero attached hydrogens (tertiary/aromatic N) is 2. The van der Waals surface area contributed by atoms with Gasteiger partial charge in [-0.15, -0.1) is 8.78 Å². The van der Waals surface area contributed by atoms with E-state index in [0.717, 1.165) is 4.90 Å². The first-order chi connectivity index (χ1) is 16.4. The number of pyridine rings is 1. The van der Waals surface area contributed by atoms with Gasteiger partial charge in [-0.2, -0.15) is 0 Å². The van der Waals surface area contributed by atoms with Crippen LogP contribution in [0.15, 0.2) is 36.5 Å². The average molecular weight is 509 g/mol. The smallest absolute Gasteiger partial charge is 0.461 e. The molecule has 3 atom stereocenters. The summed E-state index contributed by atoms with van der Waals surface area (Å²) in [5, 5.41) is 0.294. The van der Waals surface area contributed by atoms with E-state index >= 15 is 0 Å². The number of ether oxygens (including phenoxy) is 3. The first-order valence-corrected chi connectivity index (χ1v) is 11.4. The second kappa shape index (κ2) is 9.41. The molecule has 0 aliphatic carbocycles. The van der Waals surface area contributed by atoms with Crippen molar-refractivity contribution in [2.75, 3.05) is 0 Å². The molecule has 1 fully saturated rings. The molecule has 1 aromatic heterocycles. The van der Waals surface area contributed by atoms with Gasteiger partial charge >= 0.3 is 12.3 Å². The molecule has 1 aromatic carbocycles. The first-order valence-electron chi connectivity index (χ1n) is 11.0. The van der Waals surface area contributed by atoms with Crippen LogP contribution in [0.1, 0.15) is 44.2 Å². The highest BCUT2D eigenvalue weighted by molar-refractivity contribution is 6.29. The van der Waals surface area contributed by atoms with Crippen LogP contribution in [-0.2, 0) is 25.5 Å². The number of β-lactam (4-membered cyclic amide) rings is 1. The van der Waals surface area contributed by atoms with Gasteiger partial charge in [0.15, 0.2) is 11.5 Å². The molecule has 11 heteroatoms. The van der Waals surface area contributed by atoms with Gasteiger partial charge in [-0.25, -0.2) is 9.78 Å². The van der Waals surface area contributed by atoms with Gasteiger partial charge in [0.1, 0.15) is 11.2 Å². The van der Waals surface area contributed by atoms with E-state index in [1.807, 2.05) is 0 Å². The van der Waals surface area contributed by atoms with E-state index in [4.69, 9.17) is 16.3 Å². The highest BCUT2D eigenvalue weighted by atomic mass is 35.5. The van der Waals surface area contributed by atoms with Crippen LogP contribution >= 0.6 is 11.6 Å². The number of esters is 1. The third-order valence-electron chi connectivity index (χ3n) is 5.80. The van der Waals surface area contributed by atoms with Crippen molar-refractivity contribution in [1.29, 1.82) is 0 Å². The van der Waals surface area contributed by atoms with Crippen molar-refractivity contribution in [3.63, 3.8) is 0 Å². The van der Waals surface area contributed by atoms with Gasteiger partial charge in [0.05, 0.1) is 12.0 Å². The minimum Gasteiger partial charge on any atom is -0.461 e. The Hall–Kier alpha value is -3.27. The minimum absolute atomic E-state index is 0.105. The van der Waals surface area contributed by atoms with Crippen molar-refractivity contribution in [2.45, 2.75) is 58.0 Å². The number of halogens is 3. The number of hydrogen-bond acceptors (Lipinski definition) is 7. The Labute approximate surface area is 205 Å². The Morgan fingerprint density at radius 3 is 2.54 bits per heavy atom. The molecule has 0 unspecified atom stereocenters. The SMILES string of the molecule is CC(C)OC(=O)[C@@H]1[C@@H](Cc2ccc(Cl)nc2)C(=O)N1C(=O)C[C@H](C)c1ccc2c(c1)OC(F)(F)O2. The molecule has 186 valence electrons. The first kappa shape index (κ1) is 24.8. The summed E-state index contributed by atoms with van der Waals surface area (Å²) in [4.78, 5) is 43.7. The number of carbonyl (C=O) groups excluding carboxylic acids is 3. The molecule has 1 saturated heterocycles. The standard InChI is InChI=1S/C24H23ClF2N2O6/c1-12(2)33-23(32)21-16(9-14-4-7-19(25)28-11-14)22(31)29(21)20(30)8-13(3)15-5-6-17-18(10-15)35-24(26,27)34-17/h4-7,10-13,16,21H,8-9H2,1-3H3/t13-,16+,21-/m0/s1. The van der Waals surface area contributed by atoms with Crippen LogP contribution in [0.4, 0.5) is 8.78 Å². The highest BCUT2D eigenvalue weighted by Crippen LogP contribution is 2.43. The van der Waals surface area contributed by atoms with Crippen molar-refractivity contribution in [1.82, 2.24) is 9.88 Å². The van der Waals surface area contributed by atoms with Gasteiger partial charge in [-0.05, 0) is 55.5 Å². The zero-order valence-electron chi connectivity index (χ0n) is 19.2. The second-order valence-corrected chi connectivity index (χ2v) is 9.20. The third-order valence-corrected chi connectivity index (χ3v) is 6.02. The normalized spacial score (nSPS) is 21.0. The van der Waals surface area contributed by atoms with Crippen molar-refractivity contribution in [3.8, 4) is 11.5 Å². The quantitative estimate of drug-likeness (QED) is 0.316. The molecule has 0 spiro atoms. The maximum absolute atomic E-state index is 13.3. The fourth-order valence-corrected chi connectivity index (χ4v) is 4.24. The van der Waals surface area contributed by atoms with E-state index in [2.05, 4.69) is 14.5 Å². The second-order valence-electron chi connectivity index (χ2n) is 8.81. The number of benzene rings is 1. The molecule has 35 heavy (non-hydrogen) atoms. The maximum atomic E-state index is 13.3. The Morgan fingerprint density at radius 1 is 1.17 bits per heavy atom. The maximum Gasteiger partial charge on any atom is 0.586 e. The van der Waals surface area contributed by atoms with E-state index in [-0.39, 0.29) is 24.3 Å². The molecule has 2 aromatic rings. The van der Waals surface area contributed by atoms with Crippen molar-refractivity contribution in [2.24, 2.45) is 5.92 Å². The number of fused-ring (bicyclic) bond motifs is 1.